The molecule has 166 valence electrons. The Morgan fingerprint density at radius 1 is 1.16 bits per heavy atom. The zero-order valence-electron chi connectivity index (χ0n) is 18.3. The molecular weight excluding hydrogens is 406 g/mol. The highest BCUT2D eigenvalue weighted by atomic mass is 16.6. The number of hydrogen-bond acceptors (Lipinski definition) is 6. The monoisotopic (exact) mass is 433 g/mol. The van der Waals surface area contributed by atoms with Gasteiger partial charge in [-0.25, -0.2) is 4.98 Å². The second-order valence-corrected chi connectivity index (χ2v) is 8.23. The number of hydrogen-bond donors (Lipinski definition) is 0. The molecule has 4 rings (SSSR count). The molecule has 1 aromatic heterocycles. The summed E-state index contributed by atoms with van der Waals surface area (Å²) in [6.07, 6.45) is 4.11. The fourth-order valence-corrected chi connectivity index (χ4v) is 4.19. The summed E-state index contributed by atoms with van der Waals surface area (Å²) in [5.74, 6) is -0.0714. The van der Waals surface area contributed by atoms with Gasteiger partial charge in [-0.3, -0.25) is 19.8 Å². The van der Waals surface area contributed by atoms with E-state index in [-0.39, 0.29) is 22.9 Å². The number of aryl methyl sites for hydroxylation is 1. The lowest BCUT2D eigenvalue weighted by molar-refractivity contribution is -0.384. The first-order valence-electron chi connectivity index (χ1n) is 10.8. The molecule has 0 spiro atoms. The first-order chi connectivity index (χ1) is 15.4. The van der Waals surface area contributed by atoms with E-state index in [4.69, 9.17) is 0 Å². The van der Waals surface area contributed by atoms with E-state index < -0.39 is 4.92 Å². The smallest absolute Gasteiger partial charge is 0.293 e. The first-order valence-corrected chi connectivity index (χ1v) is 10.8. The van der Waals surface area contributed by atoms with Crippen LogP contribution >= 0.6 is 0 Å². The fourth-order valence-electron chi connectivity index (χ4n) is 4.19. The Morgan fingerprint density at radius 2 is 1.94 bits per heavy atom. The van der Waals surface area contributed by atoms with Crippen molar-refractivity contribution < 1.29 is 9.72 Å². The van der Waals surface area contributed by atoms with Crippen molar-refractivity contribution in [1.82, 2.24) is 14.5 Å². The molecule has 32 heavy (non-hydrogen) atoms. The van der Waals surface area contributed by atoms with Gasteiger partial charge in [-0.2, -0.15) is 0 Å². The van der Waals surface area contributed by atoms with Crippen molar-refractivity contribution in [3.63, 3.8) is 0 Å². The Hall–Kier alpha value is -3.52. The van der Waals surface area contributed by atoms with Crippen LogP contribution in [0.1, 0.15) is 35.1 Å². The van der Waals surface area contributed by atoms with Crippen LogP contribution in [0.5, 0.6) is 0 Å². The number of ketones is 1. The number of nitro benzene ring substituents is 1. The Morgan fingerprint density at radius 3 is 2.62 bits per heavy atom. The largest absolute Gasteiger partial charge is 0.365 e. The highest BCUT2D eigenvalue weighted by molar-refractivity contribution is 6.07. The molecular formula is C24H27N5O3. The molecule has 8 nitrogen and oxygen atoms in total. The number of nitrogens with zero attached hydrogens (tertiary/aromatic N) is 5. The number of imidazole rings is 1. The molecule has 0 aliphatic carbocycles. The minimum Gasteiger partial charge on any atom is -0.365 e. The molecule has 2 heterocycles. The van der Waals surface area contributed by atoms with E-state index in [0.29, 0.717) is 18.3 Å². The summed E-state index contributed by atoms with van der Waals surface area (Å²) in [6, 6.07) is 15.4. The van der Waals surface area contributed by atoms with Crippen LogP contribution in [0.25, 0.3) is 0 Å². The number of rotatable bonds is 6. The second kappa shape index (κ2) is 9.32. The van der Waals surface area contributed by atoms with Gasteiger partial charge in [0.1, 0.15) is 5.69 Å². The third-order valence-corrected chi connectivity index (χ3v) is 6.13. The summed E-state index contributed by atoms with van der Waals surface area (Å²) >= 11 is 0. The zero-order chi connectivity index (χ0) is 22.7. The summed E-state index contributed by atoms with van der Waals surface area (Å²) in [5, 5.41) is 11.9. The van der Waals surface area contributed by atoms with E-state index in [0.717, 1.165) is 26.1 Å². The number of aromatic nitrogens is 2. The van der Waals surface area contributed by atoms with Crippen molar-refractivity contribution in [2.24, 2.45) is 7.05 Å². The van der Waals surface area contributed by atoms with Crippen LogP contribution in [0.4, 0.5) is 11.4 Å². The van der Waals surface area contributed by atoms with Gasteiger partial charge in [-0.05, 0) is 31.0 Å². The Bertz CT molecular complexity index is 1110. The molecule has 1 fully saturated rings. The van der Waals surface area contributed by atoms with Crippen LogP contribution in [0.15, 0.2) is 60.9 Å². The fraction of sp³-hybridized carbons (Fsp3) is 0.333. The maximum Gasteiger partial charge on any atom is 0.293 e. The number of carbonyl (C=O) groups excluding carboxylic acids is 1. The maximum absolute atomic E-state index is 12.8. The standard InChI is InChI=1S/C24H27N5O3/c1-18-10-12-27(14-15-28(18)17-19-6-4-3-5-7-19)21-9-8-20(16-22(21)29(31)32)23(30)24-25-11-13-26(24)2/h3-9,11,13,16,18H,10,12,14-15,17H2,1-2H3. The van der Waals surface area contributed by atoms with Gasteiger partial charge in [0.05, 0.1) is 4.92 Å². The lowest BCUT2D eigenvalue weighted by Gasteiger charge is -2.26. The molecule has 0 bridgehead atoms. The molecule has 0 amide bonds. The van der Waals surface area contributed by atoms with Gasteiger partial charge in [0.2, 0.25) is 5.78 Å². The Labute approximate surface area is 187 Å². The average Bonchev–Trinajstić information content (AvgIpc) is 3.15. The van der Waals surface area contributed by atoms with E-state index in [1.165, 1.54) is 17.8 Å². The third-order valence-electron chi connectivity index (χ3n) is 6.13. The maximum atomic E-state index is 12.8. The number of carbonyl (C=O) groups is 1. The highest BCUT2D eigenvalue weighted by Crippen LogP contribution is 2.31. The summed E-state index contributed by atoms with van der Waals surface area (Å²) in [6.45, 7) is 5.27. The summed E-state index contributed by atoms with van der Waals surface area (Å²) in [5.41, 5.74) is 2.04. The van der Waals surface area contributed by atoms with E-state index in [9.17, 15) is 14.9 Å². The third kappa shape index (κ3) is 4.55. The van der Waals surface area contributed by atoms with E-state index in [2.05, 4.69) is 33.8 Å². The van der Waals surface area contributed by atoms with Crippen molar-refractivity contribution >= 4 is 17.2 Å². The van der Waals surface area contributed by atoms with Crippen LogP contribution in [0.2, 0.25) is 0 Å². The normalized spacial score (nSPS) is 17.2. The van der Waals surface area contributed by atoms with E-state index in [1.807, 2.05) is 18.2 Å². The first kappa shape index (κ1) is 21.7. The molecule has 1 unspecified atom stereocenters. The SMILES string of the molecule is CC1CCN(c2ccc(C(=O)c3nccn3C)cc2[N+](=O)[O-])CCN1Cc1ccccc1. The van der Waals surface area contributed by atoms with Gasteiger partial charge < -0.3 is 9.47 Å². The van der Waals surface area contributed by atoms with Gasteiger partial charge in [-0.1, -0.05) is 30.3 Å². The second-order valence-electron chi connectivity index (χ2n) is 8.23. The molecule has 1 aliphatic rings. The number of benzene rings is 2. The van der Waals surface area contributed by atoms with Crippen LogP contribution < -0.4 is 4.90 Å². The molecule has 1 saturated heterocycles. The van der Waals surface area contributed by atoms with Gasteiger partial charge in [-0.15, -0.1) is 0 Å². The zero-order valence-corrected chi connectivity index (χ0v) is 18.3. The Kier molecular flexibility index (Phi) is 6.32. The molecule has 0 radical (unpaired) electrons. The van der Waals surface area contributed by atoms with Crippen molar-refractivity contribution in [3.8, 4) is 0 Å². The molecule has 0 N–H and O–H groups in total. The Balaban J connectivity index is 1.55. The summed E-state index contributed by atoms with van der Waals surface area (Å²) in [4.78, 5) is 32.8. The summed E-state index contributed by atoms with van der Waals surface area (Å²) < 4.78 is 1.61. The molecule has 0 saturated carbocycles. The van der Waals surface area contributed by atoms with Crippen molar-refractivity contribution in [1.29, 1.82) is 0 Å². The predicted molar refractivity (Wildman–Crippen MR) is 123 cm³/mol. The topological polar surface area (TPSA) is 84.5 Å². The van der Waals surface area contributed by atoms with Gasteiger partial charge in [0.25, 0.3) is 5.69 Å². The number of nitro groups is 1. The average molecular weight is 434 g/mol. The minimum absolute atomic E-state index is 0.0470. The van der Waals surface area contributed by atoms with Crippen molar-refractivity contribution in [2.45, 2.75) is 25.9 Å². The number of anilines is 1. The lowest BCUT2D eigenvalue weighted by Crippen LogP contribution is -2.34. The van der Waals surface area contributed by atoms with Gasteiger partial charge >= 0.3 is 0 Å². The lowest BCUT2D eigenvalue weighted by atomic mass is 10.1. The van der Waals surface area contributed by atoms with Crippen LogP contribution in [0.3, 0.4) is 0 Å². The van der Waals surface area contributed by atoms with E-state index >= 15 is 0 Å². The van der Waals surface area contributed by atoms with Crippen LogP contribution in [-0.2, 0) is 13.6 Å². The van der Waals surface area contributed by atoms with Crippen LogP contribution in [-0.4, -0.2) is 50.8 Å². The molecule has 3 aromatic rings. The highest BCUT2D eigenvalue weighted by Gasteiger charge is 2.27. The quantitative estimate of drug-likeness (QED) is 0.335. The summed E-state index contributed by atoms with van der Waals surface area (Å²) in [7, 11) is 1.72. The van der Waals surface area contributed by atoms with Gasteiger partial charge in [0.15, 0.2) is 5.82 Å². The molecule has 1 atom stereocenters. The van der Waals surface area contributed by atoms with Gasteiger partial charge in [0, 0.05) is 63.3 Å². The van der Waals surface area contributed by atoms with Crippen LogP contribution in [0, 0.1) is 10.1 Å². The molecule has 2 aromatic carbocycles. The van der Waals surface area contributed by atoms with E-state index in [1.54, 1.807) is 29.9 Å². The predicted octanol–water partition coefficient (Wildman–Crippen LogP) is 3.66. The minimum atomic E-state index is -0.402. The molecule has 8 heteroatoms. The molecule has 1 aliphatic heterocycles. The van der Waals surface area contributed by atoms with Crippen molar-refractivity contribution in [2.75, 3.05) is 24.5 Å². The van der Waals surface area contributed by atoms with Crippen molar-refractivity contribution in [3.05, 3.63) is 88.0 Å².